The molecule has 3 aliphatic carbocycles. The Morgan fingerprint density at radius 1 is 0.952 bits per heavy atom. The molecule has 3 aliphatic rings. The van der Waals surface area contributed by atoms with Crippen LogP contribution in [0.4, 0.5) is 0 Å². The van der Waals surface area contributed by atoms with Gasteiger partial charge < -0.3 is 9.47 Å². The molecule has 3 rings (SSSR count). The Hall–Kier alpha value is -1.32. The highest BCUT2D eigenvalue weighted by molar-refractivity contribution is 5.92. The van der Waals surface area contributed by atoms with E-state index in [0.29, 0.717) is 0 Å². The largest absolute Gasteiger partial charge is 0.469 e. The fourth-order valence-corrected chi connectivity index (χ4v) is 5.89. The highest BCUT2D eigenvalue weighted by atomic mass is 16.5. The molecule has 0 aromatic heterocycles. The highest BCUT2D eigenvalue weighted by Gasteiger charge is 2.78. The average Bonchev–Trinajstić information content (AvgIpc) is 3.12. The van der Waals surface area contributed by atoms with Gasteiger partial charge in [0, 0.05) is 0 Å². The number of carbonyl (C=O) groups is 2. The van der Waals surface area contributed by atoms with Crippen molar-refractivity contribution in [2.45, 2.75) is 46.0 Å². The van der Waals surface area contributed by atoms with Crippen molar-refractivity contribution in [2.75, 3.05) is 14.2 Å². The molecule has 4 atom stereocenters. The zero-order chi connectivity index (χ0) is 15.4. The van der Waals surface area contributed by atoms with Crippen LogP contribution in [-0.4, -0.2) is 26.2 Å². The maximum Gasteiger partial charge on any atom is 0.313 e. The number of hydrogen-bond donors (Lipinski definition) is 0. The van der Waals surface area contributed by atoms with Crippen LogP contribution in [0.5, 0.6) is 0 Å². The summed E-state index contributed by atoms with van der Waals surface area (Å²) in [5.41, 5.74) is 1.20. The van der Waals surface area contributed by atoms with Crippen LogP contribution in [0.15, 0.2) is 11.1 Å². The average molecular weight is 292 g/mol. The summed E-state index contributed by atoms with van der Waals surface area (Å²) >= 11 is 0. The van der Waals surface area contributed by atoms with E-state index < -0.39 is 10.8 Å². The summed E-state index contributed by atoms with van der Waals surface area (Å²) in [6.45, 7) is 4.19. The maximum atomic E-state index is 12.7. The van der Waals surface area contributed by atoms with Crippen molar-refractivity contribution in [3.8, 4) is 0 Å². The number of carbonyl (C=O) groups excluding carboxylic acids is 2. The molecule has 0 amide bonds. The lowest BCUT2D eigenvalue weighted by Crippen LogP contribution is -2.53. The van der Waals surface area contributed by atoms with Crippen LogP contribution in [0.3, 0.4) is 0 Å². The molecule has 0 heterocycles. The molecule has 3 saturated carbocycles. The Labute approximate surface area is 125 Å². The fourth-order valence-electron chi connectivity index (χ4n) is 5.89. The Balaban J connectivity index is 2.26. The zero-order valence-electron chi connectivity index (χ0n) is 13.3. The predicted octanol–water partition coefficient (Wildman–Crippen LogP) is 2.87. The quantitative estimate of drug-likeness (QED) is 0.580. The number of esters is 2. The van der Waals surface area contributed by atoms with E-state index >= 15 is 0 Å². The van der Waals surface area contributed by atoms with Gasteiger partial charge in [-0.3, -0.25) is 9.59 Å². The van der Waals surface area contributed by atoms with E-state index in [-0.39, 0.29) is 23.8 Å². The summed E-state index contributed by atoms with van der Waals surface area (Å²) in [7, 11) is 2.87. The summed E-state index contributed by atoms with van der Waals surface area (Å²) in [6, 6.07) is 0. The van der Waals surface area contributed by atoms with E-state index in [1.165, 1.54) is 25.4 Å². The lowest BCUT2D eigenvalue weighted by molar-refractivity contribution is -0.181. The van der Waals surface area contributed by atoms with Gasteiger partial charge >= 0.3 is 11.9 Å². The first-order valence-corrected chi connectivity index (χ1v) is 7.81. The molecule has 0 aliphatic heterocycles. The van der Waals surface area contributed by atoms with Crippen LogP contribution in [0, 0.1) is 22.7 Å². The molecule has 0 spiro atoms. The number of ether oxygens (including phenoxy) is 2. The highest BCUT2D eigenvalue weighted by Crippen LogP contribution is 2.76. The monoisotopic (exact) mass is 292 g/mol. The van der Waals surface area contributed by atoms with E-state index in [4.69, 9.17) is 9.47 Å². The zero-order valence-corrected chi connectivity index (χ0v) is 13.3. The first kappa shape index (κ1) is 14.6. The lowest BCUT2D eigenvalue weighted by Gasteiger charge is -2.44. The minimum atomic E-state index is -0.690. The molecule has 0 N–H and O–H groups in total. The lowest BCUT2D eigenvalue weighted by atomic mass is 9.57. The topological polar surface area (TPSA) is 52.6 Å². The standard InChI is InChI=1S/C17H24O4/c1-10(2)13-11-6-7-12(13)17(15(19)21-4)9-5-8-16(11,17)14(18)20-3/h11-12H,5-9H2,1-4H3/t11-,12+,16+,17-. The molecule has 0 unspecified atom stereocenters. The third-order valence-electron chi connectivity index (χ3n) is 6.30. The predicted molar refractivity (Wildman–Crippen MR) is 77.3 cm³/mol. The van der Waals surface area contributed by atoms with Crippen LogP contribution >= 0.6 is 0 Å². The second-order valence-corrected chi connectivity index (χ2v) is 6.92. The molecular formula is C17H24O4. The van der Waals surface area contributed by atoms with Gasteiger partial charge in [-0.1, -0.05) is 17.6 Å². The maximum absolute atomic E-state index is 12.7. The summed E-state index contributed by atoms with van der Waals surface area (Å²) < 4.78 is 10.3. The Morgan fingerprint density at radius 2 is 1.38 bits per heavy atom. The van der Waals surface area contributed by atoms with Crippen LogP contribution in [-0.2, 0) is 19.1 Å². The third kappa shape index (κ3) is 1.41. The molecule has 0 saturated heterocycles. The van der Waals surface area contributed by atoms with Crippen LogP contribution < -0.4 is 0 Å². The number of allylic oxidation sites excluding steroid dienone is 2. The first-order chi connectivity index (χ1) is 9.97. The van der Waals surface area contributed by atoms with Crippen molar-refractivity contribution in [1.29, 1.82) is 0 Å². The number of fused-ring (bicyclic) bond motifs is 5. The molecule has 0 aromatic rings. The Kier molecular flexibility index (Phi) is 3.19. The van der Waals surface area contributed by atoms with Gasteiger partial charge in [0.15, 0.2) is 0 Å². The van der Waals surface area contributed by atoms with Crippen molar-refractivity contribution >= 4 is 11.9 Å². The van der Waals surface area contributed by atoms with E-state index in [2.05, 4.69) is 13.8 Å². The summed E-state index contributed by atoms with van der Waals surface area (Å²) in [5.74, 6) is -0.115. The van der Waals surface area contributed by atoms with Gasteiger partial charge in [-0.25, -0.2) is 0 Å². The van der Waals surface area contributed by atoms with E-state index in [9.17, 15) is 9.59 Å². The molecule has 0 aromatic carbocycles. The molecule has 4 nitrogen and oxygen atoms in total. The van der Waals surface area contributed by atoms with Gasteiger partial charge in [-0.2, -0.15) is 0 Å². The summed E-state index contributed by atoms with van der Waals surface area (Å²) in [6.07, 6.45) is 4.35. The number of hydrogen-bond acceptors (Lipinski definition) is 4. The molecule has 21 heavy (non-hydrogen) atoms. The van der Waals surface area contributed by atoms with Gasteiger partial charge in [0.25, 0.3) is 0 Å². The first-order valence-electron chi connectivity index (χ1n) is 7.81. The van der Waals surface area contributed by atoms with E-state index in [1.54, 1.807) is 0 Å². The van der Waals surface area contributed by atoms with Crippen molar-refractivity contribution in [2.24, 2.45) is 22.7 Å². The Morgan fingerprint density at radius 3 is 1.71 bits per heavy atom. The van der Waals surface area contributed by atoms with Crippen LogP contribution in [0.2, 0.25) is 0 Å². The number of methoxy groups -OCH3 is 2. The van der Waals surface area contributed by atoms with Crippen molar-refractivity contribution in [1.82, 2.24) is 0 Å². The molecule has 116 valence electrons. The van der Waals surface area contributed by atoms with Gasteiger partial charge in [-0.15, -0.1) is 0 Å². The SMILES string of the molecule is COC(=O)[C@]12CCC[C@@]1(C(=O)OC)[C@@H]1CC[C@H]2C1=C(C)C. The fraction of sp³-hybridized carbons (Fsp3) is 0.765. The van der Waals surface area contributed by atoms with Crippen LogP contribution in [0.25, 0.3) is 0 Å². The van der Waals surface area contributed by atoms with Gasteiger partial charge in [0.05, 0.1) is 25.0 Å². The minimum absolute atomic E-state index is 0.154. The number of rotatable bonds is 2. The van der Waals surface area contributed by atoms with E-state index in [0.717, 1.165) is 32.1 Å². The molecule has 3 fully saturated rings. The normalized spacial score (nSPS) is 40.1. The van der Waals surface area contributed by atoms with Crippen LogP contribution in [0.1, 0.15) is 46.0 Å². The molecule has 0 radical (unpaired) electrons. The Bertz CT molecular complexity index is 491. The second-order valence-electron chi connectivity index (χ2n) is 6.92. The van der Waals surface area contributed by atoms with E-state index in [1.807, 2.05) is 0 Å². The molecule has 4 heteroatoms. The van der Waals surface area contributed by atoms with Crippen molar-refractivity contribution in [3.63, 3.8) is 0 Å². The third-order valence-corrected chi connectivity index (χ3v) is 6.30. The second kappa shape index (κ2) is 4.59. The summed E-state index contributed by atoms with van der Waals surface area (Å²) in [4.78, 5) is 25.5. The van der Waals surface area contributed by atoms with Crippen molar-refractivity contribution in [3.05, 3.63) is 11.1 Å². The molecule has 2 bridgehead atoms. The van der Waals surface area contributed by atoms with Gasteiger partial charge in [-0.05, 0) is 51.4 Å². The molecular weight excluding hydrogens is 268 g/mol. The van der Waals surface area contributed by atoms with Gasteiger partial charge in [0.1, 0.15) is 0 Å². The smallest absolute Gasteiger partial charge is 0.313 e. The minimum Gasteiger partial charge on any atom is -0.469 e. The van der Waals surface area contributed by atoms with Crippen molar-refractivity contribution < 1.29 is 19.1 Å². The van der Waals surface area contributed by atoms with Gasteiger partial charge in [0.2, 0.25) is 0 Å². The summed E-state index contributed by atoms with van der Waals surface area (Å²) in [5, 5.41) is 0.